The molecule has 128 valence electrons. The quantitative estimate of drug-likeness (QED) is 0.753. The summed E-state index contributed by atoms with van der Waals surface area (Å²) in [7, 11) is -2.30. The van der Waals surface area contributed by atoms with Crippen molar-refractivity contribution in [1.82, 2.24) is 0 Å². The molecule has 0 radical (unpaired) electrons. The Kier molecular flexibility index (Phi) is 5.62. The van der Waals surface area contributed by atoms with E-state index in [4.69, 9.17) is 0 Å². The molecule has 2 aromatic rings. The van der Waals surface area contributed by atoms with E-state index in [1.807, 2.05) is 19.9 Å². The summed E-state index contributed by atoms with van der Waals surface area (Å²) in [5.74, 6) is -0.678. The standard InChI is InChI=1S/C18H21NO4S/c1-14(2)19(17-10-5-4-6-11-17)24(21,22)13-15-8-7-9-16(12-15)18(20)23-3/h4-12,14H,13H2,1-3H3. The Labute approximate surface area is 142 Å². The van der Waals surface area contributed by atoms with Crippen molar-refractivity contribution < 1.29 is 17.9 Å². The average Bonchev–Trinajstić information content (AvgIpc) is 2.54. The van der Waals surface area contributed by atoms with E-state index in [9.17, 15) is 13.2 Å². The number of carbonyl (C=O) groups excluding carboxylic acids is 1. The van der Waals surface area contributed by atoms with Crippen LogP contribution in [0.3, 0.4) is 0 Å². The Hall–Kier alpha value is -2.34. The van der Waals surface area contributed by atoms with Crippen LogP contribution < -0.4 is 4.31 Å². The highest BCUT2D eigenvalue weighted by atomic mass is 32.2. The van der Waals surface area contributed by atoms with E-state index in [1.165, 1.54) is 11.4 Å². The molecular formula is C18H21NO4S. The number of methoxy groups -OCH3 is 1. The molecule has 0 saturated carbocycles. The van der Waals surface area contributed by atoms with Gasteiger partial charge in [0, 0.05) is 6.04 Å². The summed E-state index contributed by atoms with van der Waals surface area (Å²) in [6.45, 7) is 3.66. The number of benzene rings is 2. The van der Waals surface area contributed by atoms with Gasteiger partial charge in [-0.2, -0.15) is 0 Å². The average molecular weight is 347 g/mol. The lowest BCUT2D eigenvalue weighted by molar-refractivity contribution is 0.0600. The monoisotopic (exact) mass is 347 g/mol. The van der Waals surface area contributed by atoms with Gasteiger partial charge < -0.3 is 4.74 Å². The minimum absolute atomic E-state index is 0.190. The second-order valence-electron chi connectivity index (χ2n) is 5.67. The van der Waals surface area contributed by atoms with Crippen LogP contribution in [0.4, 0.5) is 5.69 Å². The van der Waals surface area contributed by atoms with Crippen LogP contribution in [0, 0.1) is 0 Å². The van der Waals surface area contributed by atoms with Gasteiger partial charge in [0.15, 0.2) is 0 Å². The summed E-state index contributed by atoms with van der Waals surface area (Å²) >= 11 is 0. The second kappa shape index (κ2) is 7.49. The van der Waals surface area contributed by atoms with Gasteiger partial charge in [0.25, 0.3) is 0 Å². The van der Waals surface area contributed by atoms with Crippen molar-refractivity contribution >= 4 is 21.7 Å². The van der Waals surface area contributed by atoms with Crippen LogP contribution in [0.1, 0.15) is 29.8 Å². The lowest BCUT2D eigenvalue weighted by Crippen LogP contribution is -2.37. The number of carbonyl (C=O) groups is 1. The first-order chi connectivity index (χ1) is 11.3. The molecule has 0 heterocycles. The molecule has 2 aromatic carbocycles. The largest absolute Gasteiger partial charge is 0.465 e. The van der Waals surface area contributed by atoms with E-state index in [1.54, 1.807) is 48.5 Å². The van der Waals surface area contributed by atoms with Crippen molar-refractivity contribution in [3.63, 3.8) is 0 Å². The molecule has 0 atom stereocenters. The van der Waals surface area contributed by atoms with Gasteiger partial charge in [-0.25, -0.2) is 13.2 Å². The SMILES string of the molecule is COC(=O)c1cccc(CS(=O)(=O)N(c2ccccc2)C(C)C)c1. The topological polar surface area (TPSA) is 63.7 Å². The Morgan fingerprint density at radius 1 is 1.08 bits per heavy atom. The number of ether oxygens (including phenoxy) is 1. The number of hydrogen-bond acceptors (Lipinski definition) is 4. The number of sulfonamides is 1. The van der Waals surface area contributed by atoms with Crippen molar-refractivity contribution in [2.75, 3.05) is 11.4 Å². The molecule has 0 aromatic heterocycles. The van der Waals surface area contributed by atoms with E-state index in [0.717, 1.165) is 0 Å². The lowest BCUT2D eigenvalue weighted by Gasteiger charge is -2.28. The number of hydrogen-bond donors (Lipinski definition) is 0. The molecule has 0 spiro atoms. The molecule has 0 N–H and O–H groups in total. The van der Waals surface area contributed by atoms with Gasteiger partial charge >= 0.3 is 5.97 Å². The minimum atomic E-state index is -3.60. The molecule has 0 amide bonds. The molecule has 5 nitrogen and oxygen atoms in total. The van der Waals surface area contributed by atoms with Crippen LogP contribution >= 0.6 is 0 Å². The van der Waals surface area contributed by atoms with Crippen molar-refractivity contribution in [2.45, 2.75) is 25.6 Å². The van der Waals surface area contributed by atoms with Crippen LogP contribution in [0.5, 0.6) is 0 Å². The van der Waals surface area contributed by atoms with Crippen molar-refractivity contribution in [2.24, 2.45) is 0 Å². The third-order valence-electron chi connectivity index (χ3n) is 3.48. The summed E-state index contributed by atoms with van der Waals surface area (Å²) in [4.78, 5) is 11.6. The molecule has 0 saturated heterocycles. The van der Waals surface area contributed by atoms with Gasteiger partial charge in [-0.15, -0.1) is 0 Å². The Bertz CT molecular complexity index is 801. The third-order valence-corrected chi connectivity index (χ3v) is 5.41. The molecule has 0 bridgehead atoms. The number of para-hydroxylation sites is 1. The van der Waals surface area contributed by atoms with Gasteiger partial charge in [0.2, 0.25) is 10.0 Å². The molecule has 24 heavy (non-hydrogen) atoms. The fourth-order valence-electron chi connectivity index (χ4n) is 2.54. The Morgan fingerprint density at radius 3 is 2.33 bits per heavy atom. The zero-order valence-electron chi connectivity index (χ0n) is 14.0. The van der Waals surface area contributed by atoms with E-state index >= 15 is 0 Å². The molecule has 0 fully saturated rings. The lowest BCUT2D eigenvalue weighted by atomic mass is 10.1. The maximum atomic E-state index is 12.9. The van der Waals surface area contributed by atoms with E-state index < -0.39 is 16.0 Å². The van der Waals surface area contributed by atoms with Crippen molar-refractivity contribution in [3.05, 3.63) is 65.7 Å². The summed E-state index contributed by atoms with van der Waals surface area (Å²) in [6.07, 6.45) is 0. The van der Waals surface area contributed by atoms with Crippen molar-refractivity contribution in [3.8, 4) is 0 Å². The predicted molar refractivity (Wildman–Crippen MR) is 94.5 cm³/mol. The molecule has 0 aliphatic carbocycles. The van der Waals surface area contributed by atoms with E-state index in [2.05, 4.69) is 4.74 Å². The summed E-state index contributed by atoms with van der Waals surface area (Å²) in [6, 6.07) is 15.2. The van der Waals surface area contributed by atoms with Gasteiger partial charge in [-0.3, -0.25) is 4.31 Å². The molecule has 0 aliphatic heterocycles. The third kappa shape index (κ3) is 4.14. The highest BCUT2D eigenvalue weighted by Crippen LogP contribution is 2.23. The molecule has 0 unspecified atom stereocenters. The number of esters is 1. The molecule has 0 aliphatic rings. The molecular weight excluding hydrogens is 326 g/mol. The van der Waals surface area contributed by atoms with Gasteiger partial charge in [-0.05, 0) is 43.7 Å². The Morgan fingerprint density at radius 2 is 1.75 bits per heavy atom. The second-order valence-corrected chi connectivity index (χ2v) is 7.52. The fourth-order valence-corrected chi connectivity index (χ4v) is 4.37. The highest BCUT2D eigenvalue weighted by Gasteiger charge is 2.25. The summed E-state index contributed by atoms with van der Waals surface area (Å²) < 4.78 is 31.9. The van der Waals surface area contributed by atoms with Gasteiger partial charge in [0.05, 0.1) is 24.1 Å². The van der Waals surface area contributed by atoms with Crippen LogP contribution in [-0.2, 0) is 20.5 Å². The van der Waals surface area contributed by atoms with Crippen LogP contribution in [0.2, 0.25) is 0 Å². The number of anilines is 1. The number of rotatable bonds is 6. The first-order valence-corrected chi connectivity index (χ1v) is 9.20. The van der Waals surface area contributed by atoms with Gasteiger partial charge in [-0.1, -0.05) is 30.3 Å². The maximum absolute atomic E-state index is 12.9. The molecule has 6 heteroatoms. The zero-order chi connectivity index (χ0) is 17.7. The van der Waals surface area contributed by atoms with Crippen LogP contribution in [0.15, 0.2) is 54.6 Å². The first-order valence-electron chi connectivity index (χ1n) is 7.59. The van der Waals surface area contributed by atoms with E-state index in [-0.39, 0.29) is 11.8 Å². The smallest absolute Gasteiger partial charge is 0.337 e. The normalized spacial score (nSPS) is 11.3. The van der Waals surface area contributed by atoms with Crippen LogP contribution in [0.25, 0.3) is 0 Å². The number of nitrogens with zero attached hydrogens (tertiary/aromatic N) is 1. The predicted octanol–water partition coefficient (Wildman–Crippen LogP) is 3.22. The highest BCUT2D eigenvalue weighted by molar-refractivity contribution is 7.92. The van der Waals surface area contributed by atoms with Gasteiger partial charge in [0.1, 0.15) is 0 Å². The molecule has 2 rings (SSSR count). The van der Waals surface area contributed by atoms with Crippen LogP contribution in [-0.4, -0.2) is 27.5 Å². The fraction of sp³-hybridized carbons (Fsp3) is 0.278. The summed E-state index contributed by atoms with van der Waals surface area (Å²) in [5.41, 5.74) is 1.50. The summed E-state index contributed by atoms with van der Waals surface area (Å²) in [5, 5.41) is 0. The minimum Gasteiger partial charge on any atom is -0.465 e. The Balaban J connectivity index is 2.34. The zero-order valence-corrected chi connectivity index (χ0v) is 14.8. The van der Waals surface area contributed by atoms with E-state index in [0.29, 0.717) is 16.8 Å². The first kappa shape index (κ1) is 18.0. The van der Waals surface area contributed by atoms with Crippen molar-refractivity contribution in [1.29, 1.82) is 0 Å². The maximum Gasteiger partial charge on any atom is 0.337 e.